The molecule has 248 valence electrons. The highest BCUT2D eigenvalue weighted by Gasteiger charge is 2.69. The van der Waals surface area contributed by atoms with E-state index in [4.69, 9.17) is 5.73 Å². The predicted octanol–water partition coefficient (Wildman–Crippen LogP) is 0.512. The van der Waals surface area contributed by atoms with Crippen LogP contribution in [0.5, 0.6) is 5.75 Å². The van der Waals surface area contributed by atoms with Crippen LogP contribution in [0.4, 0.5) is 17.1 Å². The molecule has 2 aromatic rings. The number of nitrogens with one attached hydrogen (secondary N) is 3. The minimum atomic E-state index is -2.82. The number of hydrogen-bond acceptors (Lipinski definition) is 11. The standard InChI is InChI=1S/C33H37N5O9/c1-14(2)32(46)36-18-8-6-17(7-9-18)35-13-21(39)37-20-10-5-15-11-16-12-19-25(38(3)4)28(42)24(31(34)45)30(44)33(19,47)29(43)23(16)27(41)22(15)26(20)40/h5-10,14,16,19,23-25,35,40,47H,11-13H2,1-4H3,(H2,34,45)(H,36,46)(H,37,39)/t16?,19?,23?,24?,25-,33-/m0/s1. The lowest BCUT2D eigenvalue weighted by molar-refractivity contribution is -0.181. The summed E-state index contributed by atoms with van der Waals surface area (Å²) in [6.45, 7) is 3.33. The number of nitrogens with two attached hydrogens (primary N) is 1. The van der Waals surface area contributed by atoms with E-state index in [0.717, 1.165) is 0 Å². The minimum absolute atomic E-state index is 0.0557. The van der Waals surface area contributed by atoms with Crippen LogP contribution in [-0.4, -0.2) is 88.3 Å². The second-order valence-electron chi connectivity index (χ2n) is 12.9. The van der Waals surface area contributed by atoms with Gasteiger partial charge in [-0.2, -0.15) is 0 Å². The van der Waals surface area contributed by atoms with Gasteiger partial charge in [-0.15, -0.1) is 0 Å². The van der Waals surface area contributed by atoms with Crippen molar-refractivity contribution < 1.29 is 43.8 Å². The number of primary amides is 1. The number of phenolic OH excluding ortho intramolecular Hbond substituents is 1. The number of rotatable bonds is 8. The zero-order chi connectivity index (χ0) is 34.5. The van der Waals surface area contributed by atoms with Gasteiger partial charge in [0, 0.05) is 23.2 Å². The quantitative estimate of drug-likeness (QED) is 0.171. The Balaban J connectivity index is 1.34. The third-order valence-electron chi connectivity index (χ3n) is 9.34. The van der Waals surface area contributed by atoms with Gasteiger partial charge in [0.25, 0.3) is 0 Å². The molecule has 14 nitrogen and oxygen atoms in total. The maximum Gasteiger partial charge on any atom is 0.243 e. The maximum atomic E-state index is 13.9. The number of amides is 3. The van der Waals surface area contributed by atoms with Crippen LogP contribution in [0.3, 0.4) is 0 Å². The van der Waals surface area contributed by atoms with Crippen LogP contribution < -0.4 is 21.7 Å². The number of phenols is 1. The van der Waals surface area contributed by atoms with E-state index in [1.165, 1.54) is 25.1 Å². The van der Waals surface area contributed by atoms with E-state index in [1.54, 1.807) is 44.2 Å². The van der Waals surface area contributed by atoms with E-state index in [-0.39, 0.29) is 42.5 Å². The molecular weight excluding hydrogens is 610 g/mol. The fourth-order valence-electron chi connectivity index (χ4n) is 7.02. The summed E-state index contributed by atoms with van der Waals surface area (Å²) in [6, 6.07) is 8.49. The Bertz CT molecular complexity index is 1700. The molecule has 47 heavy (non-hydrogen) atoms. The molecule has 3 amide bonds. The monoisotopic (exact) mass is 647 g/mol. The number of fused-ring (bicyclic) bond motifs is 3. The van der Waals surface area contributed by atoms with E-state index < -0.39 is 76.0 Å². The van der Waals surface area contributed by atoms with Gasteiger partial charge in [0.1, 0.15) is 5.75 Å². The van der Waals surface area contributed by atoms with Crippen LogP contribution in [0, 0.1) is 29.6 Å². The molecule has 0 bridgehead atoms. The first kappa shape index (κ1) is 33.4. The van der Waals surface area contributed by atoms with Crippen molar-refractivity contribution in [3.05, 3.63) is 47.5 Å². The molecule has 0 aliphatic heterocycles. The molecule has 14 heteroatoms. The molecule has 0 aromatic heterocycles. The molecule has 5 rings (SSSR count). The minimum Gasteiger partial charge on any atom is -0.505 e. The lowest BCUT2D eigenvalue weighted by atomic mass is 9.52. The zero-order valence-corrected chi connectivity index (χ0v) is 26.3. The summed E-state index contributed by atoms with van der Waals surface area (Å²) in [4.78, 5) is 92.6. The zero-order valence-electron chi connectivity index (χ0n) is 26.3. The van der Waals surface area contributed by atoms with Crippen molar-refractivity contribution in [3.8, 4) is 5.75 Å². The van der Waals surface area contributed by atoms with Gasteiger partial charge in [0.05, 0.1) is 29.8 Å². The first-order chi connectivity index (χ1) is 22.1. The number of ketones is 4. The van der Waals surface area contributed by atoms with E-state index >= 15 is 0 Å². The van der Waals surface area contributed by atoms with Crippen molar-refractivity contribution in [2.24, 2.45) is 35.3 Å². The van der Waals surface area contributed by atoms with Crippen molar-refractivity contribution in [1.29, 1.82) is 0 Å². The second kappa shape index (κ2) is 12.3. The molecule has 3 aliphatic rings. The van der Waals surface area contributed by atoms with Crippen LogP contribution in [0.2, 0.25) is 0 Å². The Labute approximate surface area is 270 Å². The first-order valence-electron chi connectivity index (χ1n) is 15.2. The molecule has 0 heterocycles. The molecule has 2 fully saturated rings. The number of aliphatic hydroxyl groups is 1. The Morgan fingerprint density at radius 1 is 0.979 bits per heavy atom. The number of carbonyl (C=O) groups excluding carboxylic acids is 7. The molecule has 0 spiro atoms. The lowest BCUT2D eigenvalue weighted by Gasteiger charge is -2.52. The average Bonchev–Trinajstić information content (AvgIpc) is 2.99. The number of Topliss-reactive ketones (excluding diaryl/α,β-unsaturated/α-hetero) is 4. The van der Waals surface area contributed by atoms with Gasteiger partial charge in [0.2, 0.25) is 17.7 Å². The van der Waals surface area contributed by atoms with E-state index in [0.29, 0.717) is 16.9 Å². The van der Waals surface area contributed by atoms with Crippen LogP contribution in [0.15, 0.2) is 36.4 Å². The van der Waals surface area contributed by atoms with Crippen molar-refractivity contribution in [3.63, 3.8) is 0 Å². The molecule has 2 aromatic carbocycles. The maximum absolute atomic E-state index is 13.9. The van der Waals surface area contributed by atoms with Crippen LogP contribution >= 0.6 is 0 Å². The number of likely N-dealkylation sites (N-methyl/N-ethyl adjacent to an activating group) is 1. The number of anilines is 3. The van der Waals surface area contributed by atoms with Crippen molar-refractivity contribution in [2.45, 2.75) is 38.3 Å². The van der Waals surface area contributed by atoms with Gasteiger partial charge in [-0.3, -0.25) is 38.5 Å². The van der Waals surface area contributed by atoms with Gasteiger partial charge < -0.3 is 31.9 Å². The van der Waals surface area contributed by atoms with Gasteiger partial charge in [-0.25, -0.2) is 0 Å². The smallest absolute Gasteiger partial charge is 0.243 e. The number of aromatic hydroxyl groups is 1. The number of hydrogen-bond donors (Lipinski definition) is 6. The summed E-state index contributed by atoms with van der Waals surface area (Å²) in [7, 11) is 3.03. The fourth-order valence-corrected chi connectivity index (χ4v) is 7.02. The fraction of sp³-hybridized carbons (Fsp3) is 0.424. The SMILES string of the molecule is CC(C)C(=O)Nc1ccc(NCC(=O)Nc2ccc3c(c2O)C(=O)C2C(=O)[C@]4(O)C(=O)C(C(N)=O)C(=O)[C@@H](N(C)C)C4CC2C3)cc1. The number of nitrogens with zero attached hydrogens (tertiary/aromatic N) is 1. The van der Waals surface area contributed by atoms with E-state index in [1.807, 2.05) is 0 Å². The van der Waals surface area contributed by atoms with Crippen LogP contribution in [0.25, 0.3) is 0 Å². The molecule has 3 aliphatic carbocycles. The van der Waals surface area contributed by atoms with E-state index in [9.17, 15) is 43.8 Å². The topological polar surface area (TPSA) is 225 Å². The van der Waals surface area contributed by atoms with Crippen molar-refractivity contribution in [2.75, 3.05) is 36.6 Å². The number of carbonyl (C=O) groups is 7. The molecule has 0 saturated heterocycles. The van der Waals surface area contributed by atoms with Crippen molar-refractivity contribution in [1.82, 2.24) is 4.90 Å². The highest BCUT2D eigenvalue weighted by atomic mass is 16.3. The average molecular weight is 648 g/mol. The normalized spacial score (nSPS) is 26.7. The summed E-state index contributed by atoms with van der Waals surface area (Å²) in [6.07, 6.45) is 0.0582. The Hall–Kier alpha value is -4.95. The van der Waals surface area contributed by atoms with Crippen LogP contribution in [0.1, 0.15) is 36.2 Å². The molecule has 7 N–H and O–H groups in total. The van der Waals surface area contributed by atoms with Gasteiger partial charge >= 0.3 is 0 Å². The lowest BCUT2D eigenvalue weighted by Crippen LogP contribution is -2.74. The molecule has 0 radical (unpaired) electrons. The molecular formula is C33H37N5O9. The summed E-state index contributed by atoms with van der Waals surface area (Å²) >= 11 is 0. The highest BCUT2D eigenvalue weighted by molar-refractivity contribution is 6.32. The summed E-state index contributed by atoms with van der Waals surface area (Å²) in [5.74, 6) is -12.4. The van der Waals surface area contributed by atoms with Gasteiger partial charge in [-0.05, 0) is 68.8 Å². The molecule has 6 atom stereocenters. The summed E-state index contributed by atoms with van der Waals surface area (Å²) in [5, 5.41) is 31.0. The Morgan fingerprint density at radius 3 is 2.21 bits per heavy atom. The third kappa shape index (κ3) is 5.67. The summed E-state index contributed by atoms with van der Waals surface area (Å²) < 4.78 is 0. The Morgan fingerprint density at radius 2 is 1.62 bits per heavy atom. The Kier molecular flexibility index (Phi) is 8.77. The largest absolute Gasteiger partial charge is 0.505 e. The summed E-state index contributed by atoms with van der Waals surface area (Å²) in [5.41, 5.74) is 3.80. The molecule has 2 saturated carbocycles. The van der Waals surface area contributed by atoms with Gasteiger partial charge in [0.15, 0.2) is 34.7 Å². The molecule has 4 unspecified atom stereocenters. The van der Waals surface area contributed by atoms with Gasteiger partial charge in [-0.1, -0.05) is 19.9 Å². The second-order valence-corrected chi connectivity index (χ2v) is 12.9. The van der Waals surface area contributed by atoms with Crippen molar-refractivity contribution >= 4 is 57.9 Å². The van der Waals surface area contributed by atoms with E-state index in [2.05, 4.69) is 16.0 Å². The first-order valence-corrected chi connectivity index (χ1v) is 15.2. The predicted molar refractivity (Wildman–Crippen MR) is 168 cm³/mol. The van der Waals surface area contributed by atoms with Crippen LogP contribution in [-0.2, 0) is 35.2 Å². The third-order valence-corrected chi connectivity index (χ3v) is 9.34. The number of benzene rings is 2. The highest BCUT2D eigenvalue weighted by Crippen LogP contribution is 2.51.